The van der Waals surface area contributed by atoms with Gasteiger partial charge >= 0.3 is 12.4 Å². The van der Waals surface area contributed by atoms with Crippen LogP contribution in [0.1, 0.15) is 23.8 Å². The van der Waals surface area contributed by atoms with E-state index in [1.54, 1.807) is 0 Å². The molecule has 0 atom stereocenters. The molecule has 0 fully saturated rings. The van der Waals surface area contributed by atoms with Crippen molar-refractivity contribution in [3.8, 4) is 11.3 Å². The third-order valence-corrected chi connectivity index (χ3v) is 2.94. The fraction of sp³-hybridized carbons (Fsp3) is 0.286. The maximum Gasteiger partial charge on any atom is 0.449 e. The first kappa shape index (κ1) is 15.5. The van der Waals surface area contributed by atoms with E-state index >= 15 is 0 Å². The topological polar surface area (TPSA) is 13.1 Å². The Morgan fingerprint density at radius 3 is 1.86 bits per heavy atom. The number of alkyl halides is 6. The van der Waals surface area contributed by atoms with Gasteiger partial charge in [0.1, 0.15) is 5.76 Å². The molecule has 0 amide bonds. The first-order valence-electron chi connectivity index (χ1n) is 6.00. The summed E-state index contributed by atoms with van der Waals surface area (Å²) in [5.41, 5.74) is -0.741. The molecular formula is C14H10F6O. The molecule has 0 unspecified atom stereocenters. The maximum atomic E-state index is 12.7. The van der Waals surface area contributed by atoms with Crippen LogP contribution in [0.25, 0.3) is 11.3 Å². The summed E-state index contributed by atoms with van der Waals surface area (Å²) in [4.78, 5) is 0. The number of hydrogen-bond donors (Lipinski definition) is 0. The minimum Gasteiger partial charge on any atom is -0.451 e. The van der Waals surface area contributed by atoms with E-state index < -0.39 is 23.7 Å². The van der Waals surface area contributed by atoms with Gasteiger partial charge in [-0.05, 0) is 24.6 Å². The lowest BCUT2D eigenvalue weighted by atomic mass is 10.1. The molecule has 1 aromatic carbocycles. The monoisotopic (exact) mass is 308 g/mol. The zero-order valence-electron chi connectivity index (χ0n) is 10.8. The zero-order valence-corrected chi connectivity index (χ0v) is 10.8. The van der Waals surface area contributed by atoms with Gasteiger partial charge < -0.3 is 4.42 Å². The summed E-state index contributed by atoms with van der Waals surface area (Å²) < 4.78 is 80.3. The third-order valence-electron chi connectivity index (χ3n) is 2.94. The molecule has 0 aliphatic rings. The molecule has 0 saturated heterocycles. The number of halogens is 6. The molecule has 0 N–H and O–H groups in total. The molecular weight excluding hydrogens is 298 g/mol. The van der Waals surface area contributed by atoms with E-state index in [2.05, 4.69) is 0 Å². The van der Waals surface area contributed by atoms with Gasteiger partial charge in [0, 0.05) is 11.1 Å². The SMILES string of the molecule is CCc1cc(-c2ccc(C(F)(F)F)cc2)oc1C(F)(F)F. The van der Waals surface area contributed by atoms with Crippen molar-refractivity contribution < 1.29 is 30.8 Å². The van der Waals surface area contributed by atoms with Crippen molar-refractivity contribution >= 4 is 0 Å². The molecule has 0 saturated carbocycles. The highest BCUT2D eigenvalue weighted by atomic mass is 19.4. The lowest BCUT2D eigenvalue weighted by Crippen LogP contribution is -2.05. The van der Waals surface area contributed by atoms with Gasteiger partial charge in [0.2, 0.25) is 5.76 Å². The molecule has 1 nitrogen and oxygen atoms in total. The lowest BCUT2D eigenvalue weighted by molar-refractivity contribution is -0.153. The van der Waals surface area contributed by atoms with Crippen LogP contribution < -0.4 is 0 Å². The van der Waals surface area contributed by atoms with E-state index in [1.807, 2.05) is 0 Å². The van der Waals surface area contributed by atoms with E-state index in [1.165, 1.54) is 13.0 Å². The van der Waals surface area contributed by atoms with Gasteiger partial charge in [-0.25, -0.2) is 0 Å². The Morgan fingerprint density at radius 2 is 1.48 bits per heavy atom. The van der Waals surface area contributed by atoms with Crippen molar-refractivity contribution in [2.75, 3.05) is 0 Å². The standard InChI is InChI=1S/C14H10F6O/c1-2-8-7-11(21-12(8)14(18,19)20)9-3-5-10(6-4-9)13(15,16)17/h3-7H,2H2,1H3. The Kier molecular flexibility index (Phi) is 3.78. The van der Waals surface area contributed by atoms with Gasteiger partial charge in [-0.2, -0.15) is 26.3 Å². The van der Waals surface area contributed by atoms with E-state index in [-0.39, 0.29) is 23.3 Å². The Labute approximate surface area is 116 Å². The van der Waals surface area contributed by atoms with E-state index in [0.29, 0.717) is 0 Å². The summed E-state index contributed by atoms with van der Waals surface area (Å²) in [6.07, 6.45) is -9.01. The van der Waals surface area contributed by atoms with E-state index in [9.17, 15) is 26.3 Å². The van der Waals surface area contributed by atoms with Crippen LogP contribution in [0.5, 0.6) is 0 Å². The molecule has 0 radical (unpaired) electrons. The maximum absolute atomic E-state index is 12.7. The first-order valence-corrected chi connectivity index (χ1v) is 6.00. The van der Waals surface area contributed by atoms with Crippen LogP contribution in [0, 0.1) is 0 Å². The second-order valence-corrected chi connectivity index (χ2v) is 4.39. The second kappa shape index (κ2) is 5.13. The van der Waals surface area contributed by atoms with Gasteiger partial charge in [-0.1, -0.05) is 19.1 Å². The number of furan rings is 1. The molecule has 2 rings (SSSR count). The first-order chi connectivity index (χ1) is 9.63. The Morgan fingerprint density at radius 1 is 0.905 bits per heavy atom. The minimum absolute atomic E-state index is 0.0302. The quantitative estimate of drug-likeness (QED) is 0.663. The van der Waals surface area contributed by atoms with Crippen LogP contribution in [-0.4, -0.2) is 0 Å². The van der Waals surface area contributed by atoms with Crippen molar-refractivity contribution in [3.05, 3.63) is 47.2 Å². The Bertz CT molecular complexity index is 618. The molecule has 0 spiro atoms. The normalized spacial score (nSPS) is 12.7. The summed E-state index contributed by atoms with van der Waals surface area (Å²) in [5.74, 6) is -1.22. The molecule has 1 aromatic heterocycles. The number of benzene rings is 1. The molecule has 7 heteroatoms. The summed E-state index contributed by atoms with van der Waals surface area (Å²) in [5, 5.41) is 0. The number of aryl methyl sites for hydroxylation is 1. The molecule has 0 aliphatic carbocycles. The van der Waals surface area contributed by atoms with Gasteiger partial charge in [-0.3, -0.25) is 0 Å². The van der Waals surface area contributed by atoms with Gasteiger partial charge in [0.25, 0.3) is 0 Å². The van der Waals surface area contributed by atoms with Crippen LogP contribution in [-0.2, 0) is 18.8 Å². The molecule has 2 aromatic rings. The molecule has 0 bridgehead atoms. The smallest absolute Gasteiger partial charge is 0.449 e. The van der Waals surface area contributed by atoms with Crippen molar-refractivity contribution in [1.29, 1.82) is 0 Å². The molecule has 21 heavy (non-hydrogen) atoms. The van der Waals surface area contributed by atoms with E-state index in [4.69, 9.17) is 4.42 Å². The largest absolute Gasteiger partial charge is 0.451 e. The van der Waals surface area contributed by atoms with Crippen LogP contribution in [0.15, 0.2) is 34.7 Å². The van der Waals surface area contributed by atoms with Gasteiger partial charge in [-0.15, -0.1) is 0 Å². The highest BCUT2D eigenvalue weighted by Gasteiger charge is 2.38. The summed E-state index contributed by atoms with van der Waals surface area (Å²) >= 11 is 0. The van der Waals surface area contributed by atoms with Crippen LogP contribution >= 0.6 is 0 Å². The van der Waals surface area contributed by atoms with Gasteiger partial charge in [0.05, 0.1) is 5.56 Å². The van der Waals surface area contributed by atoms with Crippen molar-refractivity contribution in [3.63, 3.8) is 0 Å². The van der Waals surface area contributed by atoms with Crippen molar-refractivity contribution in [1.82, 2.24) is 0 Å². The Balaban J connectivity index is 2.41. The van der Waals surface area contributed by atoms with Crippen LogP contribution in [0.2, 0.25) is 0 Å². The fourth-order valence-corrected chi connectivity index (χ4v) is 1.90. The molecule has 114 valence electrons. The highest BCUT2D eigenvalue weighted by Crippen LogP contribution is 2.38. The fourth-order valence-electron chi connectivity index (χ4n) is 1.90. The highest BCUT2D eigenvalue weighted by molar-refractivity contribution is 5.59. The zero-order chi connectivity index (χ0) is 15.8. The van der Waals surface area contributed by atoms with E-state index in [0.717, 1.165) is 24.3 Å². The summed E-state index contributed by atoms with van der Waals surface area (Å²) in [7, 11) is 0. The van der Waals surface area contributed by atoms with Crippen LogP contribution in [0.3, 0.4) is 0 Å². The van der Waals surface area contributed by atoms with Crippen molar-refractivity contribution in [2.45, 2.75) is 25.7 Å². The predicted molar refractivity (Wildman–Crippen MR) is 63.5 cm³/mol. The Hall–Kier alpha value is -1.92. The van der Waals surface area contributed by atoms with Crippen LogP contribution in [0.4, 0.5) is 26.3 Å². The minimum atomic E-state index is -4.63. The number of hydrogen-bond acceptors (Lipinski definition) is 1. The molecule has 0 aliphatic heterocycles. The average molecular weight is 308 g/mol. The lowest BCUT2D eigenvalue weighted by Gasteiger charge is -2.06. The van der Waals surface area contributed by atoms with Gasteiger partial charge in [0.15, 0.2) is 0 Å². The van der Waals surface area contributed by atoms with Crippen molar-refractivity contribution in [2.24, 2.45) is 0 Å². The predicted octanol–water partition coefficient (Wildman–Crippen LogP) is 5.55. The summed E-state index contributed by atoms with van der Waals surface area (Å²) in [6, 6.07) is 4.97. The summed E-state index contributed by atoms with van der Waals surface area (Å²) in [6.45, 7) is 1.54. The third kappa shape index (κ3) is 3.22. The average Bonchev–Trinajstić information content (AvgIpc) is 2.82. The molecule has 1 heterocycles. The second-order valence-electron chi connectivity index (χ2n) is 4.39. The number of rotatable bonds is 2.